The zero-order valence-electron chi connectivity index (χ0n) is 23.7. The van der Waals surface area contributed by atoms with E-state index in [0.717, 1.165) is 44.9 Å². The molecule has 5 rings (SSSR count). The average Bonchev–Trinajstić information content (AvgIpc) is 2.77. The third-order valence-corrected chi connectivity index (χ3v) is 13.1. The Balaban J connectivity index is 1.65. The molecule has 36 heavy (non-hydrogen) atoms. The van der Waals surface area contributed by atoms with Crippen LogP contribution in [-0.4, -0.2) is 17.3 Å². The molecule has 0 radical (unpaired) electrons. The average molecular weight is 492 g/mol. The van der Waals surface area contributed by atoms with Gasteiger partial charge in [-0.2, -0.15) is 0 Å². The predicted molar refractivity (Wildman–Crippen MR) is 141 cm³/mol. The van der Waals surface area contributed by atoms with Crippen LogP contribution in [-0.2, 0) is 14.4 Å². The highest BCUT2D eigenvalue weighted by molar-refractivity contribution is 6.02. The highest BCUT2D eigenvalue weighted by atomic mass is 16.1. The monoisotopic (exact) mass is 491 g/mol. The molecular formula is C32H45NO3. The Labute approximate surface area is 217 Å². The van der Waals surface area contributed by atoms with Gasteiger partial charge in [-0.1, -0.05) is 54.5 Å². The first-order valence-electron chi connectivity index (χ1n) is 14.2. The zero-order valence-corrected chi connectivity index (χ0v) is 23.7. The minimum Gasteiger partial charge on any atom is -0.307 e. The third-order valence-electron chi connectivity index (χ3n) is 13.1. The fourth-order valence-electron chi connectivity index (χ4n) is 10.9. The maximum Gasteiger partial charge on any atom is 0.226 e. The molecule has 8 atom stereocenters. The molecule has 4 nitrogen and oxygen atoms in total. The Bertz CT molecular complexity index is 1120. The minimum atomic E-state index is -0.602. The second kappa shape index (κ2) is 7.42. The summed E-state index contributed by atoms with van der Waals surface area (Å²) in [6.07, 6.45) is 9.12. The number of rotatable bonds is 1. The highest BCUT2D eigenvalue weighted by Gasteiger charge is 2.72. The smallest absolute Gasteiger partial charge is 0.226 e. The van der Waals surface area contributed by atoms with Crippen LogP contribution in [0.2, 0.25) is 0 Å². The number of nitrogens with zero attached hydrogens (tertiary/aromatic N) is 1. The number of fused-ring (bicyclic) bond motifs is 7. The normalized spacial score (nSPS) is 48.9. The summed E-state index contributed by atoms with van der Waals surface area (Å²) in [5, 5.41) is 0. The minimum absolute atomic E-state index is 0.0388. The quantitative estimate of drug-likeness (QED) is 0.364. The van der Waals surface area contributed by atoms with E-state index in [1.54, 1.807) is 6.92 Å². The van der Waals surface area contributed by atoms with E-state index < -0.39 is 5.41 Å². The molecule has 4 heteroatoms. The van der Waals surface area contributed by atoms with Gasteiger partial charge in [0.2, 0.25) is 5.70 Å². The number of carbonyl (C=O) groups excluding carboxylic acids is 3. The van der Waals surface area contributed by atoms with E-state index in [0.29, 0.717) is 12.2 Å². The van der Waals surface area contributed by atoms with Crippen molar-refractivity contribution in [1.29, 1.82) is 0 Å². The van der Waals surface area contributed by atoms with Gasteiger partial charge in [0, 0.05) is 23.2 Å². The Hall–Kier alpha value is -1.76. The lowest BCUT2D eigenvalue weighted by Crippen LogP contribution is -2.69. The van der Waals surface area contributed by atoms with Crippen LogP contribution in [0, 0.1) is 62.7 Å². The van der Waals surface area contributed by atoms with E-state index in [-0.39, 0.29) is 68.0 Å². The van der Waals surface area contributed by atoms with E-state index in [4.69, 9.17) is 6.57 Å². The molecule has 0 saturated heterocycles. The van der Waals surface area contributed by atoms with Gasteiger partial charge in [-0.15, -0.1) is 0 Å². The summed E-state index contributed by atoms with van der Waals surface area (Å²) in [6, 6.07) is 0. The summed E-state index contributed by atoms with van der Waals surface area (Å²) >= 11 is 0. The summed E-state index contributed by atoms with van der Waals surface area (Å²) in [4.78, 5) is 44.5. The van der Waals surface area contributed by atoms with Crippen LogP contribution in [0.3, 0.4) is 0 Å². The van der Waals surface area contributed by atoms with Crippen molar-refractivity contribution < 1.29 is 14.4 Å². The lowest BCUT2D eigenvalue weighted by Gasteiger charge is -2.72. The van der Waals surface area contributed by atoms with Crippen molar-refractivity contribution in [1.82, 2.24) is 0 Å². The van der Waals surface area contributed by atoms with Gasteiger partial charge in [0.25, 0.3) is 0 Å². The number of ketones is 3. The number of carbonyl (C=O) groups is 3. The van der Waals surface area contributed by atoms with Gasteiger partial charge in [-0.25, -0.2) is 4.85 Å². The van der Waals surface area contributed by atoms with E-state index in [1.807, 2.05) is 19.9 Å². The molecular weight excluding hydrogens is 446 g/mol. The molecule has 5 aliphatic rings. The number of Topliss-reactive ketones (excluding diaryl/α,β-unsaturated/α-hetero) is 3. The first-order chi connectivity index (χ1) is 16.5. The van der Waals surface area contributed by atoms with Crippen molar-refractivity contribution in [3.63, 3.8) is 0 Å². The summed E-state index contributed by atoms with van der Waals surface area (Å²) in [5.41, 5.74) is -1.18. The summed E-state index contributed by atoms with van der Waals surface area (Å²) in [6.45, 7) is 25.2. The van der Waals surface area contributed by atoms with Crippen molar-refractivity contribution >= 4 is 17.3 Å². The highest BCUT2D eigenvalue weighted by Crippen LogP contribution is 2.75. The molecule has 0 spiro atoms. The summed E-state index contributed by atoms with van der Waals surface area (Å²) in [7, 11) is 0. The molecule has 0 aromatic carbocycles. The zero-order chi connectivity index (χ0) is 26.7. The molecule has 5 aliphatic carbocycles. The molecule has 0 aliphatic heterocycles. The second-order valence-electron chi connectivity index (χ2n) is 15.4. The van der Waals surface area contributed by atoms with Crippen LogP contribution in [0.25, 0.3) is 4.85 Å². The Morgan fingerprint density at radius 1 is 0.917 bits per heavy atom. The van der Waals surface area contributed by atoms with Gasteiger partial charge in [0.1, 0.15) is 11.6 Å². The van der Waals surface area contributed by atoms with Crippen LogP contribution < -0.4 is 0 Å². The standard InChI is InChI=1S/C32H45NO3/c1-19(34)32-14-12-27(2,3)17-20(32)25-22(35)16-24-29(6)18-21(33-9)26(36)28(4,5)23(29)10-11-30(24,7)31(25,8)13-15-32/h18,20,23-25H,10-17H2,1-8H3/t20-,23-,24+,25-,29-,30+,31+,32+/m0/s1. The maximum atomic E-state index is 14.4. The molecule has 0 amide bonds. The summed E-state index contributed by atoms with van der Waals surface area (Å²) < 4.78 is 0. The van der Waals surface area contributed by atoms with Crippen molar-refractivity contribution in [3.05, 3.63) is 23.2 Å². The lowest BCUT2D eigenvalue weighted by molar-refractivity contribution is -0.221. The van der Waals surface area contributed by atoms with Gasteiger partial charge < -0.3 is 4.79 Å². The van der Waals surface area contributed by atoms with Gasteiger partial charge in [0.05, 0.1) is 6.57 Å². The molecule has 196 valence electrons. The lowest BCUT2D eigenvalue weighted by atomic mass is 9.31. The van der Waals surface area contributed by atoms with Crippen molar-refractivity contribution in [2.24, 2.45) is 56.2 Å². The Morgan fingerprint density at radius 3 is 2.17 bits per heavy atom. The van der Waals surface area contributed by atoms with Crippen LogP contribution in [0.4, 0.5) is 0 Å². The van der Waals surface area contributed by atoms with Crippen LogP contribution in [0.1, 0.15) is 107 Å². The molecule has 4 fully saturated rings. The number of hydrogen-bond acceptors (Lipinski definition) is 3. The first-order valence-corrected chi connectivity index (χ1v) is 14.2. The van der Waals surface area contributed by atoms with Crippen molar-refractivity contribution in [3.8, 4) is 0 Å². The topological polar surface area (TPSA) is 55.6 Å². The molecule has 0 heterocycles. The SMILES string of the molecule is [C-]#[N+]C1=C[C@]2(C)[C@H]3CC(=O)[C@@H]4[C@@H]5CC(C)(C)CC[C@]5(C(C)=O)CC[C@@]4(C)[C@]3(C)CC[C@H]2C(C)(C)C1=O. The van der Waals surface area contributed by atoms with Crippen LogP contribution >= 0.6 is 0 Å². The molecule has 0 unspecified atom stereocenters. The van der Waals surface area contributed by atoms with E-state index >= 15 is 0 Å². The van der Waals surface area contributed by atoms with E-state index in [1.165, 1.54) is 0 Å². The third kappa shape index (κ3) is 2.95. The number of allylic oxidation sites excluding steroid dienone is 2. The molecule has 0 aromatic rings. The summed E-state index contributed by atoms with van der Waals surface area (Å²) in [5.74, 6) is 0.847. The molecule has 0 bridgehead atoms. The van der Waals surface area contributed by atoms with Gasteiger partial charge >= 0.3 is 0 Å². The number of hydrogen-bond donors (Lipinski definition) is 0. The van der Waals surface area contributed by atoms with Crippen molar-refractivity contribution in [2.45, 2.75) is 107 Å². The maximum absolute atomic E-state index is 14.4. The van der Waals surface area contributed by atoms with Crippen LogP contribution in [0.5, 0.6) is 0 Å². The fraction of sp³-hybridized carbons (Fsp3) is 0.812. The van der Waals surface area contributed by atoms with E-state index in [9.17, 15) is 14.4 Å². The molecule has 0 aromatic heterocycles. The van der Waals surface area contributed by atoms with E-state index in [2.05, 4.69) is 39.5 Å². The first kappa shape index (κ1) is 25.9. The van der Waals surface area contributed by atoms with Crippen molar-refractivity contribution in [2.75, 3.05) is 0 Å². The van der Waals surface area contributed by atoms with Crippen LogP contribution in [0.15, 0.2) is 11.8 Å². The largest absolute Gasteiger partial charge is 0.307 e. The Morgan fingerprint density at radius 2 is 1.56 bits per heavy atom. The molecule has 0 N–H and O–H groups in total. The Kier molecular flexibility index (Phi) is 5.33. The van der Waals surface area contributed by atoms with Gasteiger partial charge in [0.15, 0.2) is 5.78 Å². The van der Waals surface area contributed by atoms with Gasteiger partial charge in [-0.3, -0.25) is 9.59 Å². The van der Waals surface area contributed by atoms with Gasteiger partial charge in [-0.05, 0) is 91.3 Å². The predicted octanol–water partition coefficient (Wildman–Crippen LogP) is 7.23. The fourth-order valence-corrected chi connectivity index (χ4v) is 10.9. The molecule has 4 saturated carbocycles. The second-order valence-corrected chi connectivity index (χ2v) is 15.4.